The van der Waals surface area contributed by atoms with E-state index in [2.05, 4.69) is 20.5 Å². The molecular formula is C27H29N3O10. The highest BCUT2D eigenvalue weighted by Gasteiger charge is 2.30. The van der Waals surface area contributed by atoms with Crippen LogP contribution in [0, 0.1) is 5.92 Å². The molecule has 0 unspecified atom stereocenters. The van der Waals surface area contributed by atoms with Gasteiger partial charge in [0.25, 0.3) is 11.8 Å². The summed E-state index contributed by atoms with van der Waals surface area (Å²) >= 11 is 0. The first kappa shape index (κ1) is 29.6. The van der Waals surface area contributed by atoms with E-state index >= 15 is 0 Å². The summed E-state index contributed by atoms with van der Waals surface area (Å²) in [6.45, 7) is 2.30. The fraction of sp³-hybridized carbons (Fsp3) is 0.333. The average Bonchev–Trinajstić information content (AvgIpc) is 3.41. The van der Waals surface area contributed by atoms with Gasteiger partial charge in [-0.15, -0.1) is 0 Å². The number of nitrogens with one attached hydrogen (secondary N) is 2. The molecule has 0 radical (unpaired) electrons. The van der Waals surface area contributed by atoms with E-state index in [0.29, 0.717) is 5.75 Å². The second-order valence-corrected chi connectivity index (χ2v) is 8.99. The van der Waals surface area contributed by atoms with Crippen LogP contribution in [0.3, 0.4) is 0 Å². The van der Waals surface area contributed by atoms with Crippen LogP contribution in [0.2, 0.25) is 0 Å². The second kappa shape index (κ2) is 13.7. The SMILES string of the molecule is COC(=O)c1cc(OCC(=O)[C@H](CC(=O)O)NC(=O)[C@@H](NC(=O)COc2cccc3ccccc23)C(C)C)no1. The predicted molar refractivity (Wildman–Crippen MR) is 139 cm³/mol. The fourth-order valence-electron chi connectivity index (χ4n) is 3.67. The lowest BCUT2D eigenvalue weighted by molar-refractivity contribution is -0.141. The van der Waals surface area contributed by atoms with Crippen LogP contribution >= 0.6 is 0 Å². The normalized spacial score (nSPS) is 12.3. The van der Waals surface area contributed by atoms with Crippen molar-refractivity contribution in [1.82, 2.24) is 15.8 Å². The summed E-state index contributed by atoms with van der Waals surface area (Å²) in [5, 5.41) is 19.4. The number of fused-ring (bicyclic) bond motifs is 1. The Morgan fingerprint density at radius 2 is 1.70 bits per heavy atom. The van der Waals surface area contributed by atoms with Gasteiger partial charge in [0.2, 0.25) is 11.7 Å². The van der Waals surface area contributed by atoms with Gasteiger partial charge in [-0.3, -0.25) is 19.2 Å². The maximum Gasteiger partial charge on any atom is 0.377 e. The Kier molecular flexibility index (Phi) is 10.2. The molecule has 2 atom stereocenters. The number of hydrogen-bond donors (Lipinski definition) is 3. The van der Waals surface area contributed by atoms with Crippen molar-refractivity contribution in [1.29, 1.82) is 0 Å². The Balaban J connectivity index is 1.60. The number of rotatable bonds is 14. The number of benzene rings is 2. The molecule has 0 aliphatic heterocycles. The highest BCUT2D eigenvalue weighted by Crippen LogP contribution is 2.25. The van der Waals surface area contributed by atoms with Gasteiger partial charge in [-0.2, -0.15) is 0 Å². The first-order valence-corrected chi connectivity index (χ1v) is 12.2. The molecule has 1 aromatic heterocycles. The molecule has 0 saturated carbocycles. The van der Waals surface area contributed by atoms with Crippen LogP contribution in [0.15, 0.2) is 53.1 Å². The Morgan fingerprint density at radius 3 is 2.40 bits per heavy atom. The Bertz CT molecular complexity index is 1380. The monoisotopic (exact) mass is 555 g/mol. The van der Waals surface area contributed by atoms with Crippen molar-refractivity contribution in [2.24, 2.45) is 5.92 Å². The first-order valence-electron chi connectivity index (χ1n) is 12.2. The smallest absolute Gasteiger partial charge is 0.377 e. The number of aromatic nitrogens is 1. The fourth-order valence-corrected chi connectivity index (χ4v) is 3.67. The molecule has 2 amide bonds. The first-order chi connectivity index (χ1) is 19.1. The number of methoxy groups -OCH3 is 1. The average molecular weight is 556 g/mol. The van der Waals surface area contributed by atoms with Gasteiger partial charge in [-0.05, 0) is 22.5 Å². The molecule has 3 aromatic rings. The molecular weight excluding hydrogens is 526 g/mol. The quantitative estimate of drug-likeness (QED) is 0.246. The van der Waals surface area contributed by atoms with E-state index in [4.69, 9.17) is 14.0 Å². The van der Waals surface area contributed by atoms with Gasteiger partial charge in [-0.25, -0.2) is 4.79 Å². The van der Waals surface area contributed by atoms with E-state index in [9.17, 15) is 29.1 Å². The standard InChI is InChI=1S/C27H29N3O10/c1-15(2)25(29-22(32)14-38-20-10-6-8-16-7-4-5-9-17(16)20)26(35)28-18(11-24(33)34)19(31)13-39-23-12-21(40-30-23)27(36)37-3/h4-10,12,15,18,25H,11,13-14H2,1-3H3,(H,28,35)(H,29,32)(H,33,34)/t18-,25-/m0/s1. The lowest BCUT2D eigenvalue weighted by Gasteiger charge is -2.24. The molecule has 3 rings (SSSR count). The molecule has 0 bridgehead atoms. The largest absolute Gasteiger partial charge is 0.483 e. The van der Waals surface area contributed by atoms with E-state index in [1.165, 1.54) is 0 Å². The number of carbonyl (C=O) groups excluding carboxylic acids is 4. The number of carboxylic acids is 1. The van der Waals surface area contributed by atoms with Gasteiger partial charge in [0.05, 0.1) is 19.6 Å². The summed E-state index contributed by atoms with van der Waals surface area (Å²) in [5.74, 6) is -4.68. The molecule has 3 N–H and O–H groups in total. The summed E-state index contributed by atoms with van der Waals surface area (Å²) in [5.41, 5.74) is 0. The summed E-state index contributed by atoms with van der Waals surface area (Å²) in [6, 6.07) is 11.5. The maximum absolute atomic E-state index is 13.0. The zero-order chi connectivity index (χ0) is 29.2. The lowest BCUT2D eigenvalue weighted by atomic mass is 10.0. The minimum absolute atomic E-state index is 0.215. The zero-order valence-electron chi connectivity index (χ0n) is 22.0. The van der Waals surface area contributed by atoms with Crippen LogP contribution in [-0.2, 0) is 23.9 Å². The molecule has 0 aliphatic carbocycles. The Morgan fingerprint density at radius 1 is 0.975 bits per heavy atom. The highest BCUT2D eigenvalue weighted by atomic mass is 16.6. The van der Waals surface area contributed by atoms with Gasteiger partial charge >= 0.3 is 11.9 Å². The van der Waals surface area contributed by atoms with Crippen molar-refractivity contribution in [2.45, 2.75) is 32.4 Å². The molecule has 1 heterocycles. The minimum atomic E-state index is -1.47. The van der Waals surface area contributed by atoms with Crippen molar-refractivity contribution in [3.63, 3.8) is 0 Å². The molecule has 13 nitrogen and oxygen atoms in total. The van der Waals surface area contributed by atoms with Crippen molar-refractivity contribution < 1.29 is 47.8 Å². The van der Waals surface area contributed by atoms with Crippen LogP contribution < -0.4 is 20.1 Å². The number of ketones is 1. The van der Waals surface area contributed by atoms with Crippen LogP contribution in [-0.4, -0.2) is 72.2 Å². The summed E-state index contributed by atoms with van der Waals surface area (Å²) in [6.07, 6.45) is -0.733. The van der Waals surface area contributed by atoms with E-state index in [-0.39, 0.29) is 18.2 Å². The number of amides is 2. The molecule has 0 fully saturated rings. The molecule has 0 aliphatic rings. The molecule has 13 heteroatoms. The van der Waals surface area contributed by atoms with Gasteiger partial charge in [0, 0.05) is 5.39 Å². The molecule has 212 valence electrons. The van der Waals surface area contributed by atoms with E-state index in [1.54, 1.807) is 26.0 Å². The predicted octanol–water partition coefficient (Wildman–Crippen LogP) is 1.74. The number of ether oxygens (including phenoxy) is 3. The van der Waals surface area contributed by atoms with Gasteiger partial charge in [-0.1, -0.05) is 50.2 Å². The topological polar surface area (TPSA) is 183 Å². The van der Waals surface area contributed by atoms with Crippen LogP contribution in [0.1, 0.15) is 30.8 Å². The number of aliphatic carboxylic acids is 1. The molecule has 2 aromatic carbocycles. The Hall–Kier alpha value is -4.94. The number of nitrogens with zero attached hydrogens (tertiary/aromatic N) is 1. The van der Waals surface area contributed by atoms with Crippen LogP contribution in [0.25, 0.3) is 10.8 Å². The van der Waals surface area contributed by atoms with Gasteiger partial charge < -0.3 is 34.5 Å². The number of hydrogen-bond acceptors (Lipinski definition) is 10. The highest BCUT2D eigenvalue weighted by molar-refractivity contribution is 5.95. The van der Waals surface area contributed by atoms with Crippen molar-refractivity contribution in [2.75, 3.05) is 20.3 Å². The molecule has 40 heavy (non-hydrogen) atoms. The van der Waals surface area contributed by atoms with Crippen molar-refractivity contribution in [3.8, 4) is 11.6 Å². The second-order valence-electron chi connectivity index (χ2n) is 8.99. The summed E-state index contributed by atoms with van der Waals surface area (Å²) in [7, 11) is 1.14. The zero-order valence-corrected chi connectivity index (χ0v) is 22.0. The maximum atomic E-state index is 13.0. The van der Waals surface area contributed by atoms with E-state index < -0.39 is 60.6 Å². The molecule has 0 spiro atoms. The lowest BCUT2D eigenvalue weighted by Crippen LogP contribution is -2.55. The number of Topliss-reactive ketones (excluding diaryl/α,β-unsaturated/α-hetero) is 1. The third-order valence-corrected chi connectivity index (χ3v) is 5.70. The third kappa shape index (κ3) is 8.03. The number of carboxylic acid groups (broad SMARTS) is 1. The van der Waals surface area contributed by atoms with Gasteiger partial charge in [0.15, 0.2) is 19.0 Å². The summed E-state index contributed by atoms with van der Waals surface area (Å²) < 4.78 is 20.1. The van der Waals surface area contributed by atoms with Crippen LogP contribution in [0.5, 0.6) is 11.6 Å². The third-order valence-electron chi connectivity index (χ3n) is 5.70. The van der Waals surface area contributed by atoms with Gasteiger partial charge in [0.1, 0.15) is 17.8 Å². The van der Waals surface area contributed by atoms with E-state index in [1.807, 2.05) is 30.3 Å². The minimum Gasteiger partial charge on any atom is -0.483 e. The Labute approximate surface area is 228 Å². The van der Waals surface area contributed by atoms with Crippen LogP contribution in [0.4, 0.5) is 0 Å². The van der Waals surface area contributed by atoms with Crippen molar-refractivity contribution in [3.05, 3.63) is 54.3 Å². The molecule has 0 saturated heterocycles. The number of carbonyl (C=O) groups is 5. The number of esters is 1. The summed E-state index contributed by atoms with van der Waals surface area (Å²) in [4.78, 5) is 61.2. The van der Waals surface area contributed by atoms with Crippen molar-refractivity contribution >= 4 is 40.3 Å². The van der Waals surface area contributed by atoms with E-state index in [0.717, 1.165) is 23.9 Å².